The fourth-order valence-corrected chi connectivity index (χ4v) is 5.02. The van der Waals surface area contributed by atoms with Crippen LogP contribution in [0.3, 0.4) is 0 Å². The number of hydrogen-bond acceptors (Lipinski definition) is 13. The number of carboxylic acids is 2. The average Bonchev–Trinajstić information content (AvgIpc) is 3.11. The predicted molar refractivity (Wildman–Crippen MR) is 200 cm³/mol. The van der Waals surface area contributed by atoms with Crippen molar-refractivity contribution in [3.05, 3.63) is 0 Å². The van der Waals surface area contributed by atoms with Crippen LogP contribution >= 0.6 is 0 Å². The van der Waals surface area contributed by atoms with Crippen LogP contribution in [0.2, 0.25) is 0 Å². The van der Waals surface area contributed by atoms with E-state index < -0.39 is 115 Å². The van der Waals surface area contributed by atoms with Gasteiger partial charge in [0.15, 0.2) is 5.96 Å². The first-order valence-electron chi connectivity index (χ1n) is 18.1. The SMILES string of the molecule is NCCCC[C@H](NC(=O)[C@H](CCC(N)=O)NC(=O)[C@H](CCC(N)=O)NC(=O)[C@H](CCCCN)NC(=O)[C@H](CC(=O)O)NC(=O)[C@@H](N)CCCN=C(N)N)C(=O)O. The molecule has 0 fully saturated rings. The van der Waals surface area contributed by atoms with Crippen molar-refractivity contribution < 1.29 is 53.4 Å². The lowest BCUT2D eigenvalue weighted by atomic mass is 10.0. The standard InChI is InChI=1S/C32H59N13O11/c33-13-3-1-7-18(41-30(54)22(16-25(48)49)45-26(50)17(35)6-5-15-40-32(38)39)27(51)42-19(9-11-23(36)46)28(52)43-20(10-12-24(37)47)29(53)44-21(31(55)56)8-2-4-14-34/h17-22H,1-16,33-35H2,(H2,36,46)(H2,37,47)(H,41,54)(H,42,51)(H,43,52)(H,44,53)(H,45,50)(H,48,49)(H,55,56)(H4,38,39,40)/t17-,18-,19-,20-,21-,22-/m0/s1. The van der Waals surface area contributed by atoms with E-state index in [9.17, 15) is 53.4 Å². The highest BCUT2D eigenvalue weighted by molar-refractivity contribution is 5.97. The van der Waals surface area contributed by atoms with Crippen molar-refractivity contribution >= 4 is 59.2 Å². The van der Waals surface area contributed by atoms with Gasteiger partial charge in [-0.15, -0.1) is 0 Å². The topological polar surface area (TPSA) is 449 Å². The molecule has 0 aliphatic carbocycles. The summed E-state index contributed by atoms with van der Waals surface area (Å²) >= 11 is 0. The van der Waals surface area contributed by atoms with Gasteiger partial charge in [-0.2, -0.15) is 0 Å². The minimum absolute atomic E-state index is 0.00776. The number of amides is 7. The molecule has 0 aliphatic heterocycles. The Morgan fingerprint density at radius 3 is 1.29 bits per heavy atom. The van der Waals surface area contributed by atoms with Gasteiger partial charge in [0.2, 0.25) is 41.4 Å². The van der Waals surface area contributed by atoms with Crippen molar-refractivity contribution in [1.29, 1.82) is 0 Å². The molecule has 7 amide bonds. The lowest BCUT2D eigenvalue weighted by Gasteiger charge is -2.27. The Bertz CT molecular complexity index is 1380. The lowest BCUT2D eigenvalue weighted by Crippen LogP contribution is -2.59. The van der Waals surface area contributed by atoms with Crippen molar-refractivity contribution in [1.82, 2.24) is 26.6 Å². The number of unbranched alkanes of at least 4 members (excludes halogenated alkanes) is 2. The highest BCUT2D eigenvalue weighted by Gasteiger charge is 2.33. The summed E-state index contributed by atoms with van der Waals surface area (Å²) in [7, 11) is 0. The van der Waals surface area contributed by atoms with Crippen LogP contribution in [0.25, 0.3) is 0 Å². The zero-order valence-corrected chi connectivity index (χ0v) is 31.3. The van der Waals surface area contributed by atoms with E-state index >= 15 is 0 Å². The number of rotatable bonds is 31. The quantitative estimate of drug-likeness (QED) is 0.0176. The maximum absolute atomic E-state index is 13.7. The minimum atomic E-state index is -1.70. The molecule has 0 bridgehead atoms. The minimum Gasteiger partial charge on any atom is -0.481 e. The van der Waals surface area contributed by atoms with Crippen molar-refractivity contribution in [3.8, 4) is 0 Å². The number of aliphatic carboxylic acids is 2. The molecule has 56 heavy (non-hydrogen) atoms. The van der Waals surface area contributed by atoms with E-state index in [4.69, 9.17) is 40.1 Å². The van der Waals surface area contributed by atoms with Gasteiger partial charge in [-0.3, -0.25) is 43.3 Å². The fourth-order valence-electron chi connectivity index (χ4n) is 5.02. The second kappa shape index (κ2) is 27.9. The summed E-state index contributed by atoms with van der Waals surface area (Å²) in [5, 5.41) is 30.8. The first-order chi connectivity index (χ1) is 26.3. The molecule has 0 saturated carbocycles. The van der Waals surface area contributed by atoms with Crippen LogP contribution < -0.4 is 66.7 Å². The molecule has 24 heteroatoms. The number of guanidine groups is 1. The zero-order chi connectivity index (χ0) is 42.8. The van der Waals surface area contributed by atoms with Gasteiger partial charge in [0.1, 0.15) is 30.2 Å². The summed E-state index contributed by atoms with van der Waals surface area (Å²) in [6.45, 7) is 0.642. The Balaban J connectivity index is 6.27. The monoisotopic (exact) mass is 801 g/mol. The van der Waals surface area contributed by atoms with Crippen molar-refractivity contribution in [3.63, 3.8) is 0 Å². The van der Waals surface area contributed by atoms with Crippen LogP contribution in [0.1, 0.15) is 83.5 Å². The van der Waals surface area contributed by atoms with Crippen molar-refractivity contribution in [2.24, 2.45) is 45.1 Å². The zero-order valence-electron chi connectivity index (χ0n) is 31.3. The van der Waals surface area contributed by atoms with Gasteiger partial charge in [-0.05, 0) is 77.3 Å². The normalized spacial score (nSPS) is 14.0. The Morgan fingerprint density at radius 2 is 0.893 bits per heavy atom. The van der Waals surface area contributed by atoms with Crippen LogP contribution in [0, 0.1) is 0 Å². The molecule has 0 aromatic heterocycles. The number of nitrogens with one attached hydrogen (secondary N) is 5. The number of nitrogens with zero attached hydrogens (tertiary/aromatic N) is 1. The number of carboxylic acid groups (broad SMARTS) is 2. The van der Waals surface area contributed by atoms with Gasteiger partial charge in [0.05, 0.1) is 12.5 Å². The van der Waals surface area contributed by atoms with Crippen LogP contribution in [-0.2, 0) is 43.2 Å². The third-order valence-corrected chi connectivity index (χ3v) is 8.08. The molecule has 24 nitrogen and oxygen atoms in total. The third-order valence-electron chi connectivity index (χ3n) is 8.08. The molecule has 6 atom stereocenters. The summed E-state index contributed by atoms with van der Waals surface area (Å²) in [4.78, 5) is 117. The molecule has 0 saturated heterocycles. The summed E-state index contributed by atoms with van der Waals surface area (Å²) < 4.78 is 0. The predicted octanol–water partition coefficient (Wildman–Crippen LogP) is -5.86. The molecule has 0 radical (unpaired) electrons. The first-order valence-corrected chi connectivity index (χ1v) is 18.1. The highest BCUT2D eigenvalue weighted by Crippen LogP contribution is 2.09. The smallest absolute Gasteiger partial charge is 0.326 e. The second-order valence-electron chi connectivity index (χ2n) is 12.9. The van der Waals surface area contributed by atoms with Crippen molar-refractivity contribution in [2.45, 2.75) is 120 Å². The van der Waals surface area contributed by atoms with Gasteiger partial charge < -0.3 is 76.9 Å². The Labute approximate surface area is 323 Å². The molecule has 0 aromatic carbocycles. The van der Waals surface area contributed by atoms with Gasteiger partial charge in [-0.25, -0.2) is 4.79 Å². The second-order valence-corrected chi connectivity index (χ2v) is 12.9. The third kappa shape index (κ3) is 22.6. The summed E-state index contributed by atoms with van der Waals surface area (Å²) in [5.41, 5.74) is 38.0. The number of carbonyl (C=O) groups excluding carboxylic acids is 7. The van der Waals surface area contributed by atoms with E-state index in [1.54, 1.807) is 0 Å². The summed E-state index contributed by atoms with van der Waals surface area (Å²) in [6.07, 6.45) is -0.771. The van der Waals surface area contributed by atoms with Crippen LogP contribution in [0.5, 0.6) is 0 Å². The molecule has 21 N–H and O–H groups in total. The average molecular weight is 802 g/mol. The number of carbonyl (C=O) groups is 9. The summed E-state index contributed by atoms with van der Waals surface area (Å²) in [6, 6.07) is -8.81. The largest absolute Gasteiger partial charge is 0.481 e. The number of primary amides is 2. The van der Waals surface area contributed by atoms with E-state index in [0.717, 1.165) is 0 Å². The van der Waals surface area contributed by atoms with E-state index in [0.29, 0.717) is 19.3 Å². The fraction of sp³-hybridized carbons (Fsp3) is 0.688. The molecule has 0 heterocycles. The van der Waals surface area contributed by atoms with Gasteiger partial charge in [0, 0.05) is 19.4 Å². The van der Waals surface area contributed by atoms with Gasteiger partial charge in [0.25, 0.3) is 0 Å². The molecule has 0 aliphatic rings. The van der Waals surface area contributed by atoms with Gasteiger partial charge >= 0.3 is 11.9 Å². The maximum atomic E-state index is 13.7. The van der Waals surface area contributed by atoms with E-state index in [1.165, 1.54) is 0 Å². The van der Waals surface area contributed by atoms with Gasteiger partial charge in [-0.1, -0.05) is 0 Å². The molecular formula is C32H59N13O11. The molecule has 0 spiro atoms. The highest BCUT2D eigenvalue weighted by atomic mass is 16.4. The summed E-state index contributed by atoms with van der Waals surface area (Å²) in [5.74, 6) is -9.67. The Hall–Kier alpha value is -5.62. The molecule has 0 rings (SSSR count). The Kier molecular flexibility index (Phi) is 25.1. The van der Waals surface area contributed by atoms with Crippen LogP contribution in [0.4, 0.5) is 0 Å². The molecule has 0 aromatic rings. The Morgan fingerprint density at radius 1 is 0.500 bits per heavy atom. The van der Waals surface area contributed by atoms with Crippen LogP contribution in [-0.4, -0.2) is 125 Å². The molecule has 0 unspecified atom stereocenters. The van der Waals surface area contributed by atoms with Crippen LogP contribution in [0.15, 0.2) is 4.99 Å². The lowest BCUT2D eigenvalue weighted by molar-refractivity contribution is -0.143. The van der Waals surface area contributed by atoms with E-state index in [-0.39, 0.29) is 64.1 Å². The van der Waals surface area contributed by atoms with E-state index in [1.807, 2.05) is 0 Å². The molecular weight excluding hydrogens is 742 g/mol. The van der Waals surface area contributed by atoms with Crippen molar-refractivity contribution in [2.75, 3.05) is 19.6 Å². The first kappa shape index (κ1) is 50.4. The molecule has 318 valence electrons. The maximum Gasteiger partial charge on any atom is 0.326 e. The number of hydrogen-bond donors (Lipinski definition) is 14. The van der Waals surface area contributed by atoms with E-state index in [2.05, 4.69) is 31.6 Å². The number of nitrogens with two attached hydrogens (primary N) is 7. The number of aliphatic imine (C=N–C) groups is 1.